The standard InChI is InChI=1S/C8H12BrNO3/c1-2-13-8(12)6-4-3-5(9)7(11)10-6/h5-6H,2-4H2,1H3,(H,10,11). The van der Waals surface area contributed by atoms with E-state index in [1.807, 2.05) is 0 Å². The van der Waals surface area contributed by atoms with Crippen LogP contribution in [-0.2, 0) is 14.3 Å². The molecule has 13 heavy (non-hydrogen) atoms. The quantitative estimate of drug-likeness (QED) is 0.576. The Hall–Kier alpha value is -0.580. The maximum atomic E-state index is 11.2. The van der Waals surface area contributed by atoms with Gasteiger partial charge in [-0.05, 0) is 19.8 Å². The number of alkyl halides is 1. The molecule has 1 rings (SSSR count). The van der Waals surface area contributed by atoms with Crippen molar-refractivity contribution < 1.29 is 14.3 Å². The van der Waals surface area contributed by atoms with Gasteiger partial charge in [0.1, 0.15) is 6.04 Å². The van der Waals surface area contributed by atoms with Crippen LogP contribution in [0.1, 0.15) is 19.8 Å². The zero-order valence-corrected chi connectivity index (χ0v) is 8.96. The molecule has 2 unspecified atom stereocenters. The molecule has 1 N–H and O–H groups in total. The van der Waals surface area contributed by atoms with E-state index in [2.05, 4.69) is 21.2 Å². The largest absolute Gasteiger partial charge is 0.464 e. The van der Waals surface area contributed by atoms with E-state index < -0.39 is 6.04 Å². The van der Waals surface area contributed by atoms with Crippen LogP contribution >= 0.6 is 15.9 Å². The van der Waals surface area contributed by atoms with Crippen LogP contribution < -0.4 is 5.32 Å². The lowest BCUT2D eigenvalue weighted by atomic mass is 10.0. The number of hydrogen-bond donors (Lipinski definition) is 1. The highest BCUT2D eigenvalue weighted by molar-refractivity contribution is 9.10. The number of piperidine rings is 1. The first-order chi connectivity index (χ1) is 6.15. The Balaban J connectivity index is 2.45. The van der Waals surface area contributed by atoms with Crippen molar-refractivity contribution in [2.24, 2.45) is 0 Å². The third kappa shape index (κ3) is 2.69. The molecule has 0 bridgehead atoms. The fourth-order valence-corrected chi connectivity index (χ4v) is 1.59. The molecule has 1 heterocycles. The van der Waals surface area contributed by atoms with Gasteiger partial charge in [0.2, 0.25) is 5.91 Å². The smallest absolute Gasteiger partial charge is 0.328 e. The lowest BCUT2D eigenvalue weighted by Gasteiger charge is -2.24. The Kier molecular flexibility index (Phi) is 3.71. The summed E-state index contributed by atoms with van der Waals surface area (Å²) < 4.78 is 4.80. The number of amides is 1. The molecule has 0 aromatic carbocycles. The third-order valence-electron chi connectivity index (χ3n) is 1.88. The number of esters is 1. The van der Waals surface area contributed by atoms with Crippen LogP contribution in [0.4, 0.5) is 0 Å². The average Bonchev–Trinajstić information content (AvgIpc) is 2.10. The zero-order chi connectivity index (χ0) is 9.84. The highest BCUT2D eigenvalue weighted by Crippen LogP contribution is 2.16. The average molecular weight is 250 g/mol. The summed E-state index contributed by atoms with van der Waals surface area (Å²) in [6.07, 6.45) is 1.32. The van der Waals surface area contributed by atoms with Gasteiger partial charge in [0.05, 0.1) is 11.4 Å². The Bertz CT molecular complexity index is 219. The number of rotatable bonds is 2. The number of halogens is 1. The summed E-state index contributed by atoms with van der Waals surface area (Å²) in [7, 11) is 0. The van der Waals surface area contributed by atoms with Crippen LogP contribution in [0.5, 0.6) is 0 Å². The van der Waals surface area contributed by atoms with Crippen LogP contribution in [0.2, 0.25) is 0 Å². The zero-order valence-electron chi connectivity index (χ0n) is 7.38. The number of nitrogens with one attached hydrogen (secondary N) is 1. The molecule has 74 valence electrons. The molecule has 0 radical (unpaired) electrons. The van der Waals surface area contributed by atoms with Crippen LogP contribution in [-0.4, -0.2) is 29.4 Å². The lowest BCUT2D eigenvalue weighted by molar-refractivity contribution is -0.148. The van der Waals surface area contributed by atoms with E-state index in [9.17, 15) is 9.59 Å². The maximum Gasteiger partial charge on any atom is 0.328 e. The fourth-order valence-electron chi connectivity index (χ4n) is 1.20. The monoisotopic (exact) mass is 249 g/mol. The van der Waals surface area contributed by atoms with Gasteiger partial charge < -0.3 is 10.1 Å². The molecular weight excluding hydrogens is 238 g/mol. The second kappa shape index (κ2) is 4.60. The van der Waals surface area contributed by atoms with E-state index in [4.69, 9.17) is 4.74 Å². The first-order valence-electron chi connectivity index (χ1n) is 4.26. The highest BCUT2D eigenvalue weighted by Gasteiger charge is 2.30. The molecule has 1 aliphatic rings. The summed E-state index contributed by atoms with van der Waals surface area (Å²) in [5, 5.41) is 2.59. The molecular formula is C8H12BrNO3. The minimum atomic E-state index is -0.457. The van der Waals surface area contributed by atoms with Gasteiger partial charge in [-0.15, -0.1) is 0 Å². The van der Waals surface area contributed by atoms with E-state index in [0.717, 1.165) is 0 Å². The second-order valence-electron chi connectivity index (χ2n) is 2.86. The molecule has 0 aromatic heterocycles. The first-order valence-corrected chi connectivity index (χ1v) is 5.17. The Morgan fingerprint density at radius 2 is 2.38 bits per heavy atom. The van der Waals surface area contributed by atoms with Crippen molar-refractivity contribution >= 4 is 27.8 Å². The number of hydrogen-bond acceptors (Lipinski definition) is 3. The fraction of sp³-hybridized carbons (Fsp3) is 0.750. The third-order valence-corrected chi connectivity index (χ3v) is 2.75. The maximum absolute atomic E-state index is 11.2. The summed E-state index contributed by atoms with van der Waals surface area (Å²) >= 11 is 3.21. The van der Waals surface area contributed by atoms with Crippen LogP contribution in [0, 0.1) is 0 Å². The van der Waals surface area contributed by atoms with Crippen LogP contribution in [0.25, 0.3) is 0 Å². The summed E-state index contributed by atoms with van der Waals surface area (Å²) in [5.74, 6) is -0.473. The van der Waals surface area contributed by atoms with Gasteiger partial charge >= 0.3 is 5.97 Å². The van der Waals surface area contributed by atoms with Gasteiger partial charge in [0, 0.05) is 0 Å². The summed E-state index contributed by atoms with van der Waals surface area (Å²) in [5.41, 5.74) is 0. The molecule has 0 aliphatic carbocycles. The van der Waals surface area contributed by atoms with Gasteiger partial charge in [-0.3, -0.25) is 4.79 Å². The topological polar surface area (TPSA) is 55.4 Å². The Morgan fingerprint density at radius 3 is 2.92 bits per heavy atom. The molecule has 0 spiro atoms. The van der Waals surface area contributed by atoms with E-state index in [1.54, 1.807) is 6.92 Å². The Labute approximate surface area is 85.1 Å². The number of carbonyl (C=O) groups is 2. The number of ether oxygens (including phenoxy) is 1. The van der Waals surface area contributed by atoms with Crippen molar-refractivity contribution in [1.82, 2.24) is 5.32 Å². The van der Waals surface area contributed by atoms with E-state index in [0.29, 0.717) is 19.4 Å². The summed E-state index contributed by atoms with van der Waals surface area (Å²) in [4.78, 5) is 22.2. The predicted molar refractivity (Wildman–Crippen MR) is 50.5 cm³/mol. The van der Waals surface area contributed by atoms with Crippen molar-refractivity contribution in [2.75, 3.05) is 6.61 Å². The molecule has 1 fully saturated rings. The van der Waals surface area contributed by atoms with Crippen LogP contribution in [0.3, 0.4) is 0 Å². The first kappa shape index (κ1) is 10.5. The van der Waals surface area contributed by atoms with E-state index >= 15 is 0 Å². The molecule has 0 saturated carbocycles. The van der Waals surface area contributed by atoms with Gasteiger partial charge in [-0.25, -0.2) is 4.79 Å². The van der Waals surface area contributed by atoms with Crippen molar-refractivity contribution in [1.29, 1.82) is 0 Å². The van der Waals surface area contributed by atoms with Crippen molar-refractivity contribution in [3.8, 4) is 0 Å². The normalized spacial score (nSPS) is 28.0. The lowest BCUT2D eigenvalue weighted by Crippen LogP contribution is -2.49. The molecule has 5 heteroatoms. The SMILES string of the molecule is CCOC(=O)C1CCC(Br)C(=O)N1. The minimum absolute atomic E-state index is 0.135. The number of carbonyl (C=O) groups excluding carboxylic acids is 2. The molecule has 1 saturated heterocycles. The van der Waals surface area contributed by atoms with Gasteiger partial charge in [0.15, 0.2) is 0 Å². The minimum Gasteiger partial charge on any atom is -0.464 e. The molecule has 1 aliphatic heterocycles. The Morgan fingerprint density at radius 1 is 1.69 bits per heavy atom. The van der Waals surface area contributed by atoms with Gasteiger partial charge in [-0.1, -0.05) is 15.9 Å². The van der Waals surface area contributed by atoms with Crippen molar-refractivity contribution in [3.63, 3.8) is 0 Å². The second-order valence-corrected chi connectivity index (χ2v) is 3.96. The molecule has 2 atom stereocenters. The molecule has 4 nitrogen and oxygen atoms in total. The summed E-state index contributed by atoms with van der Waals surface area (Å²) in [6, 6.07) is -0.457. The summed E-state index contributed by atoms with van der Waals surface area (Å²) in [6.45, 7) is 2.10. The predicted octanol–water partition coefficient (Wildman–Crippen LogP) is 0.592. The van der Waals surface area contributed by atoms with Gasteiger partial charge in [0.25, 0.3) is 0 Å². The van der Waals surface area contributed by atoms with Crippen molar-refractivity contribution in [3.05, 3.63) is 0 Å². The highest BCUT2D eigenvalue weighted by atomic mass is 79.9. The van der Waals surface area contributed by atoms with Crippen LogP contribution in [0.15, 0.2) is 0 Å². The van der Waals surface area contributed by atoms with Gasteiger partial charge in [-0.2, -0.15) is 0 Å². The van der Waals surface area contributed by atoms with E-state index in [1.165, 1.54) is 0 Å². The van der Waals surface area contributed by atoms with Crippen molar-refractivity contribution in [2.45, 2.75) is 30.6 Å². The molecule has 0 aromatic rings. The molecule has 1 amide bonds. The van der Waals surface area contributed by atoms with E-state index in [-0.39, 0.29) is 16.7 Å².